The van der Waals surface area contributed by atoms with Gasteiger partial charge in [-0.1, -0.05) is 6.92 Å². The van der Waals surface area contributed by atoms with Gasteiger partial charge < -0.3 is 10.6 Å². The Bertz CT molecular complexity index is 511. The molecule has 0 saturated carbocycles. The van der Waals surface area contributed by atoms with Crippen molar-refractivity contribution in [1.29, 1.82) is 0 Å². The van der Waals surface area contributed by atoms with E-state index in [-0.39, 0.29) is 5.91 Å². The second-order valence-corrected chi connectivity index (χ2v) is 4.59. The molecular weight excluding hydrogens is 262 g/mol. The Hall–Kier alpha value is -2.02. The van der Waals surface area contributed by atoms with Gasteiger partial charge in [0.25, 0.3) is 5.91 Å². The lowest BCUT2D eigenvalue weighted by molar-refractivity contribution is 0.0945. The molecular formula is C12H15N5OS. The third kappa shape index (κ3) is 3.99. The topological polar surface area (TPSA) is 79.8 Å². The van der Waals surface area contributed by atoms with Crippen LogP contribution in [-0.2, 0) is 6.54 Å². The first-order valence-corrected chi connectivity index (χ1v) is 6.95. The summed E-state index contributed by atoms with van der Waals surface area (Å²) in [5.74, 6) is 0.431. The number of hydrogen-bond donors (Lipinski definition) is 2. The molecule has 0 radical (unpaired) electrons. The molecule has 1 amide bonds. The average molecular weight is 277 g/mol. The summed E-state index contributed by atoms with van der Waals surface area (Å²) in [6, 6.07) is 0. The predicted octanol–water partition coefficient (Wildman–Crippen LogP) is 1.68. The zero-order chi connectivity index (χ0) is 13.5. The monoisotopic (exact) mass is 277 g/mol. The highest BCUT2D eigenvalue weighted by molar-refractivity contribution is 7.07. The van der Waals surface area contributed by atoms with E-state index in [2.05, 4.69) is 32.5 Å². The Morgan fingerprint density at radius 2 is 2.21 bits per heavy atom. The van der Waals surface area contributed by atoms with Crippen LogP contribution in [0.15, 0.2) is 23.3 Å². The first kappa shape index (κ1) is 13.4. The van der Waals surface area contributed by atoms with E-state index in [1.165, 1.54) is 17.5 Å². The minimum absolute atomic E-state index is 0.248. The number of nitrogens with one attached hydrogen (secondary N) is 2. The number of aromatic nitrogens is 3. The lowest BCUT2D eigenvalue weighted by Gasteiger charge is -2.05. The van der Waals surface area contributed by atoms with Gasteiger partial charge in [-0.25, -0.2) is 15.0 Å². The number of carbonyl (C=O) groups excluding carboxylic acids is 1. The van der Waals surface area contributed by atoms with Crippen LogP contribution in [-0.4, -0.2) is 27.4 Å². The van der Waals surface area contributed by atoms with E-state index in [4.69, 9.17) is 0 Å². The molecule has 100 valence electrons. The zero-order valence-electron chi connectivity index (χ0n) is 10.6. The van der Waals surface area contributed by atoms with E-state index >= 15 is 0 Å². The highest BCUT2D eigenvalue weighted by Crippen LogP contribution is 2.03. The van der Waals surface area contributed by atoms with Gasteiger partial charge in [0.2, 0.25) is 0 Å². The van der Waals surface area contributed by atoms with Crippen molar-refractivity contribution in [3.8, 4) is 0 Å². The SMILES string of the molecule is CCCNc1cnc(C(=O)NCc2cscn2)cn1. The molecule has 19 heavy (non-hydrogen) atoms. The third-order valence-electron chi connectivity index (χ3n) is 2.35. The first-order chi connectivity index (χ1) is 9.29. The Morgan fingerprint density at radius 3 is 2.84 bits per heavy atom. The number of rotatable bonds is 6. The van der Waals surface area contributed by atoms with Crippen LogP contribution >= 0.6 is 11.3 Å². The molecule has 0 aromatic carbocycles. The van der Waals surface area contributed by atoms with E-state index in [9.17, 15) is 4.79 Å². The van der Waals surface area contributed by atoms with Crippen molar-refractivity contribution in [2.75, 3.05) is 11.9 Å². The minimum atomic E-state index is -0.248. The Kier molecular flexibility index (Phi) is 4.79. The smallest absolute Gasteiger partial charge is 0.271 e. The summed E-state index contributed by atoms with van der Waals surface area (Å²) >= 11 is 1.50. The summed E-state index contributed by atoms with van der Waals surface area (Å²) in [6.07, 6.45) is 4.04. The van der Waals surface area contributed by atoms with E-state index in [1.54, 1.807) is 11.7 Å². The molecule has 0 atom stereocenters. The van der Waals surface area contributed by atoms with Crippen molar-refractivity contribution < 1.29 is 4.79 Å². The summed E-state index contributed by atoms with van der Waals surface area (Å²) in [7, 11) is 0. The number of hydrogen-bond acceptors (Lipinski definition) is 6. The highest BCUT2D eigenvalue weighted by Gasteiger charge is 2.08. The summed E-state index contributed by atoms with van der Waals surface area (Å²) in [4.78, 5) is 24.1. The molecule has 2 heterocycles. The zero-order valence-corrected chi connectivity index (χ0v) is 11.4. The summed E-state index contributed by atoms with van der Waals surface area (Å²) in [5.41, 5.74) is 2.87. The van der Waals surface area contributed by atoms with Crippen molar-refractivity contribution in [3.63, 3.8) is 0 Å². The van der Waals surface area contributed by atoms with Gasteiger partial charge in [0, 0.05) is 11.9 Å². The second-order valence-electron chi connectivity index (χ2n) is 3.88. The summed E-state index contributed by atoms with van der Waals surface area (Å²) in [6.45, 7) is 3.31. The number of nitrogens with zero attached hydrogens (tertiary/aromatic N) is 3. The van der Waals surface area contributed by atoms with Gasteiger partial charge in [-0.2, -0.15) is 0 Å². The predicted molar refractivity (Wildman–Crippen MR) is 74.1 cm³/mol. The Labute approximate surface area is 115 Å². The molecule has 2 aromatic heterocycles. The quantitative estimate of drug-likeness (QED) is 0.840. The average Bonchev–Trinajstić information content (AvgIpc) is 2.96. The van der Waals surface area contributed by atoms with Crippen LogP contribution in [0.25, 0.3) is 0 Å². The maximum atomic E-state index is 11.8. The van der Waals surface area contributed by atoms with Crippen molar-refractivity contribution in [2.45, 2.75) is 19.9 Å². The largest absolute Gasteiger partial charge is 0.369 e. The lowest BCUT2D eigenvalue weighted by Crippen LogP contribution is -2.24. The normalized spacial score (nSPS) is 10.2. The van der Waals surface area contributed by atoms with Crippen molar-refractivity contribution in [2.24, 2.45) is 0 Å². The Morgan fingerprint density at radius 1 is 1.32 bits per heavy atom. The number of carbonyl (C=O) groups is 1. The maximum Gasteiger partial charge on any atom is 0.271 e. The van der Waals surface area contributed by atoms with Gasteiger partial charge in [-0.15, -0.1) is 11.3 Å². The van der Waals surface area contributed by atoms with Gasteiger partial charge in [0.05, 0.1) is 30.1 Å². The molecule has 0 saturated heterocycles. The molecule has 0 bridgehead atoms. The van der Waals surface area contributed by atoms with Gasteiger partial charge in [-0.05, 0) is 6.42 Å². The molecule has 0 fully saturated rings. The molecule has 0 aliphatic rings. The van der Waals surface area contributed by atoms with Crippen LogP contribution in [0.3, 0.4) is 0 Å². The molecule has 0 aliphatic heterocycles. The maximum absolute atomic E-state index is 11.8. The van der Waals surface area contributed by atoms with E-state index in [0.717, 1.165) is 18.7 Å². The minimum Gasteiger partial charge on any atom is -0.369 e. The fraction of sp³-hybridized carbons (Fsp3) is 0.333. The number of amides is 1. The molecule has 0 aliphatic carbocycles. The Balaban J connectivity index is 1.88. The van der Waals surface area contributed by atoms with Crippen LogP contribution in [0.5, 0.6) is 0 Å². The van der Waals surface area contributed by atoms with Gasteiger partial charge >= 0.3 is 0 Å². The molecule has 0 spiro atoms. The van der Waals surface area contributed by atoms with E-state index in [0.29, 0.717) is 18.1 Å². The van der Waals surface area contributed by atoms with E-state index < -0.39 is 0 Å². The van der Waals surface area contributed by atoms with Crippen LogP contribution in [0.1, 0.15) is 29.5 Å². The van der Waals surface area contributed by atoms with Crippen LogP contribution in [0, 0.1) is 0 Å². The summed E-state index contributed by atoms with van der Waals surface area (Å²) < 4.78 is 0. The molecule has 2 aromatic rings. The van der Waals surface area contributed by atoms with Gasteiger partial charge in [-0.3, -0.25) is 4.79 Å². The highest BCUT2D eigenvalue weighted by atomic mass is 32.1. The van der Waals surface area contributed by atoms with Crippen molar-refractivity contribution in [3.05, 3.63) is 34.7 Å². The van der Waals surface area contributed by atoms with Crippen LogP contribution < -0.4 is 10.6 Å². The molecule has 6 nitrogen and oxygen atoms in total. The molecule has 0 unspecified atom stereocenters. The fourth-order valence-corrected chi connectivity index (χ4v) is 1.93. The molecule has 2 N–H and O–H groups in total. The molecule has 2 rings (SSSR count). The van der Waals surface area contributed by atoms with E-state index in [1.807, 2.05) is 5.38 Å². The van der Waals surface area contributed by atoms with Gasteiger partial charge in [0.1, 0.15) is 11.5 Å². The fourth-order valence-electron chi connectivity index (χ4n) is 1.38. The molecule has 7 heteroatoms. The standard InChI is InChI=1S/C12H15N5OS/c1-2-3-13-11-6-14-10(5-15-11)12(18)16-4-9-7-19-8-17-9/h5-8H,2-4H2,1H3,(H,13,15)(H,16,18). The summed E-state index contributed by atoms with van der Waals surface area (Å²) in [5, 5.41) is 7.74. The van der Waals surface area contributed by atoms with Crippen molar-refractivity contribution in [1.82, 2.24) is 20.3 Å². The third-order valence-corrected chi connectivity index (χ3v) is 2.99. The first-order valence-electron chi connectivity index (χ1n) is 6.00. The van der Waals surface area contributed by atoms with Crippen molar-refractivity contribution >= 4 is 23.1 Å². The lowest BCUT2D eigenvalue weighted by atomic mass is 10.4. The van der Waals surface area contributed by atoms with Crippen LogP contribution in [0.4, 0.5) is 5.82 Å². The number of anilines is 1. The number of thiazole rings is 1. The second kappa shape index (κ2) is 6.79. The van der Waals surface area contributed by atoms with Crippen LogP contribution in [0.2, 0.25) is 0 Å². The van der Waals surface area contributed by atoms with Gasteiger partial charge in [0.15, 0.2) is 0 Å².